The third-order valence-electron chi connectivity index (χ3n) is 15.0. The number of aldehydes is 2. The number of Topliss-reactive ketones (excluding diaryl/α,β-unsaturated/α-hetero) is 4. The van der Waals surface area contributed by atoms with Crippen molar-refractivity contribution in [3.63, 3.8) is 0 Å². The van der Waals surface area contributed by atoms with Crippen LogP contribution >= 0.6 is 54.0 Å². The number of ketones is 4. The molecular weight excluding hydrogens is 1180 g/mol. The Labute approximate surface area is 530 Å². The van der Waals surface area contributed by atoms with Crippen LogP contribution in [-0.4, -0.2) is 98.6 Å². The molecule has 0 aliphatic heterocycles. The van der Waals surface area contributed by atoms with Crippen LogP contribution in [0.1, 0.15) is 149 Å². The van der Waals surface area contributed by atoms with Crippen molar-refractivity contribution in [1.82, 2.24) is 36.4 Å². The largest absolute Gasteiger partial charge is 0.361 e. The van der Waals surface area contributed by atoms with Crippen LogP contribution in [0.15, 0.2) is 95.9 Å². The lowest BCUT2D eigenvalue weighted by atomic mass is 9.83. The number of rotatable bonds is 28. The van der Waals surface area contributed by atoms with Gasteiger partial charge < -0.3 is 35.4 Å². The van der Waals surface area contributed by atoms with E-state index >= 15 is 0 Å². The summed E-state index contributed by atoms with van der Waals surface area (Å²) in [5.41, 5.74) is 1.61. The first-order valence-electron chi connectivity index (χ1n) is 28.4. The van der Waals surface area contributed by atoms with E-state index in [1.807, 2.05) is 70.2 Å². The number of nitrogens with zero attached hydrogens (tertiary/aromatic N) is 3. The monoisotopic (exact) mass is 1260 g/mol. The fraction of sp³-hybridized carbons (Fsp3) is 0.476. The molecule has 7 rings (SSSR count). The molecule has 4 N–H and O–H groups in total. The van der Waals surface area contributed by atoms with E-state index in [9.17, 15) is 52.3 Å². The molecule has 23 heteroatoms. The molecule has 2 fully saturated rings. The number of carbonyl (C=O) groups excluding carboxylic acids is 10. The van der Waals surface area contributed by atoms with E-state index in [0.29, 0.717) is 62.4 Å². The normalized spacial score (nSPS) is 16.5. The topological polar surface area (TPSA) is 271 Å². The van der Waals surface area contributed by atoms with Gasteiger partial charge in [-0.1, -0.05) is 93.9 Å². The van der Waals surface area contributed by atoms with Crippen LogP contribution in [0.5, 0.6) is 0 Å². The summed E-state index contributed by atoms with van der Waals surface area (Å²) in [5, 5.41) is 16.7. The molecule has 2 aliphatic carbocycles. The number of aryl methyl sites for hydroxylation is 1. The van der Waals surface area contributed by atoms with E-state index in [4.69, 9.17) is 4.52 Å². The molecule has 0 bridgehead atoms. The Morgan fingerprint density at radius 3 is 1.66 bits per heavy atom. The molecule has 2 aliphatic rings. The summed E-state index contributed by atoms with van der Waals surface area (Å²) in [6, 6.07) is 17.1. The van der Waals surface area contributed by atoms with Gasteiger partial charge in [0.2, 0.25) is 11.8 Å². The Morgan fingerprint density at radius 1 is 0.640 bits per heavy atom. The van der Waals surface area contributed by atoms with Crippen molar-refractivity contribution in [2.24, 2.45) is 35.5 Å². The van der Waals surface area contributed by atoms with Gasteiger partial charge in [0.05, 0.1) is 30.4 Å². The second kappa shape index (κ2) is 37.9. The lowest BCUT2D eigenvalue weighted by molar-refractivity contribution is -0.132. The summed E-state index contributed by atoms with van der Waals surface area (Å²) < 4.78 is 18.4. The fourth-order valence-corrected chi connectivity index (χ4v) is 10.8. The Kier molecular flexibility index (Phi) is 33.3. The van der Waals surface area contributed by atoms with Gasteiger partial charge in [-0.05, 0) is 111 Å². The van der Waals surface area contributed by atoms with Crippen LogP contribution in [0, 0.1) is 48.2 Å². The maximum absolute atomic E-state index is 13.9. The van der Waals surface area contributed by atoms with Crippen LogP contribution in [0.3, 0.4) is 0 Å². The maximum atomic E-state index is 13.9. The number of hydrogen-bond donors (Lipinski definition) is 4. The van der Waals surface area contributed by atoms with Gasteiger partial charge in [0.15, 0.2) is 17.3 Å². The highest BCUT2D eigenvalue weighted by Gasteiger charge is 2.35. The molecule has 0 saturated heterocycles. The smallest absolute Gasteiger partial charge is 0.274 e. The third kappa shape index (κ3) is 23.6. The summed E-state index contributed by atoms with van der Waals surface area (Å²) in [6.07, 6.45) is 11.8. The summed E-state index contributed by atoms with van der Waals surface area (Å²) in [7, 11) is 0. The zero-order valence-electron chi connectivity index (χ0n) is 49.4. The molecule has 2 heterocycles. The van der Waals surface area contributed by atoms with E-state index in [1.54, 1.807) is 6.92 Å². The quantitative estimate of drug-likeness (QED) is 0.0343. The highest BCUT2D eigenvalue weighted by Crippen LogP contribution is 2.28. The van der Waals surface area contributed by atoms with Crippen LogP contribution in [-0.2, 0) is 51.2 Å². The minimum Gasteiger partial charge on any atom is -0.361 e. The molecule has 2 saturated carbocycles. The highest BCUT2D eigenvalue weighted by molar-refractivity contribution is 7.59. The molecule has 8 atom stereocenters. The summed E-state index contributed by atoms with van der Waals surface area (Å²) in [5.74, 6) is -4.20. The van der Waals surface area contributed by atoms with Gasteiger partial charge in [-0.3, -0.25) is 43.3 Å². The van der Waals surface area contributed by atoms with Gasteiger partial charge in [0.1, 0.15) is 41.4 Å². The van der Waals surface area contributed by atoms with Crippen LogP contribution in [0.4, 0.5) is 4.39 Å². The molecule has 468 valence electrons. The average molecular weight is 1260 g/mol. The Balaban J connectivity index is 0.000000561. The SMILES string of the molecule is CC(C)C[C@H](CC(=O)[C@H](Cc1cccc2ccccc12)NC(=O)c1cnccn1)C(=O)N[C@H](C=O)C[C@@H]1CCCC1=O.Cc1cc(C(=O)N[C@@H](Cc2ccc(F)cc2)C(=O)C[C@@H](CC(C)C)C(=O)N[C@H](C=O)C[C@@H]2CCCCC2=O)no1.S.S.S.S. The highest BCUT2D eigenvalue weighted by atomic mass is 32.1. The number of fused-ring (bicyclic) bond motifs is 1. The molecule has 3 aromatic carbocycles. The zero-order valence-corrected chi connectivity index (χ0v) is 53.4. The Morgan fingerprint density at radius 2 is 1.16 bits per heavy atom. The molecular formula is C63H84FN7O11S4. The zero-order chi connectivity index (χ0) is 59.3. The fourth-order valence-electron chi connectivity index (χ4n) is 10.8. The molecule has 0 radical (unpaired) electrons. The van der Waals surface area contributed by atoms with Crippen molar-refractivity contribution < 1.29 is 56.9 Å². The third-order valence-corrected chi connectivity index (χ3v) is 15.0. The maximum Gasteiger partial charge on any atom is 0.274 e. The predicted octanol–water partition coefficient (Wildman–Crippen LogP) is 8.40. The standard InChI is InChI=1S/C33H38N4O5.C30H38FN3O6.4H2S/c1-21(2)15-25(32(41)36-26(20-38)16-24-10-6-12-30(24)39)18-31(40)28(37-33(42)29-19-34-13-14-35-29)17-23-9-5-8-22-7-3-4-11-27(22)23;1-18(2)12-22(29(38)32-24(17-35)15-21-6-4-5-7-27(21)36)16-28(37)25(14-20-8-10-23(31)11-9-20)33-30(39)26-13-19(3)40-34-26;;;;/h3-5,7-9,11,13-14,19-21,24-26,28H,6,10,12,15-18H2,1-2H3,(H,36,41)(H,37,42);8-11,13,17-18,21-22,24-25H,4-7,12,14-16H2,1-3H3,(H,32,38)(H,33,39);4*1H2/t24-,25+,26-,28-;21-,22+,24-,25-;;;;/m00..../s1. The van der Waals surface area contributed by atoms with Gasteiger partial charge >= 0.3 is 0 Å². The number of amides is 4. The van der Waals surface area contributed by atoms with E-state index < -0.39 is 65.4 Å². The minimum absolute atomic E-state index is 0. The molecule has 18 nitrogen and oxygen atoms in total. The Bertz CT molecular complexity index is 3040. The van der Waals surface area contributed by atoms with Crippen molar-refractivity contribution in [3.05, 3.63) is 125 Å². The van der Waals surface area contributed by atoms with Crippen molar-refractivity contribution >= 4 is 124 Å². The second-order valence-electron chi connectivity index (χ2n) is 22.6. The van der Waals surface area contributed by atoms with Gasteiger partial charge in [0, 0.05) is 74.2 Å². The van der Waals surface area contributed by atoms with E-state index in [0.717, 1.165) is 35.6 Å². The van der Waals surface area contributed by atoms with Gasteiger partial charge in [-0.25, -0.2) is 9.37 Å². The molecule has 2 aromatic heterocycles. The summed E-state index contributed by atoms with van der Waals surface area (Å²) in [6.45, 7) is 9.41. The predicted molar refractivity (Wildman–Crippen MR) is 345 cm³/mol. The first kappa shape index (κ1) is 75.5. The molecule has 5 aromatic rings. The number of hydrogen-bond acceptors (Lipinski definition) is 14. The summed E-state index contributed by atoms with van der Waals surface area (Å²) >= 11 is 0. The second-order valence-corrected chi connectivity index (χ2v) is 22.6. The number of aromatic nitrogens is 3. The summed E-state index contributed by atoms with van der Waals surface area (Å²) in [4.78, 5) is 136. The lowest BCUT2D eigenvalue weighted by Gasteiger charge is -2.26. The number of carbonyl (C=O) groups is 10. The number of benzene rings is 3. The van der Waals surface area contributed by atoms with Crippen molar-refractivity contribution in [3.8, 4) is 0 Å². The minimum atomic E-state index is -1.01. The van der Waals surface area contributed by atoms with Gasteiger partial charge in [-0.2, -0.15) is 54.0 Å². The number of nitrogens with one attached hydrogen (secondary N) is 4. The van der Waals surface area contributed by atoms with Crippen molar-refractivity contribution in [1.29, 1.82) is 0 Å². The molecule has 0 unspecified atom stereocenters. The van der Waals surface area contributed by atoms with E-state index in [-0.39, 0.29) is 151 Å². The molecule has 4 amide bonds. The lowest BCUT2D eigenvalue weighted by Crippen LogP contribution is -2.46. The molecule has 86 heavy (non-hydrogen) atoms. The number of halogens is 1. The Hall–Kier alpha value is -6.56. The van der Waals surface area contributed by atoms with Gasteiger partial charge in [0.25, 0.3) is 11.8 Å². The van der Waals surface area contributed by atoms with Crippen molar-refractivity contribution in [2.75, 3.05) is 0 Å². The molecule has 0 spiro atoms. The van der Waals surface area contributed by atoms with Crippen LogP contribution in [0.2, 0.25) is 0 Å². The average Bonchev–Trinajstić information content (AvgIpc) is 3.39. The van der Waals surface area contributed by atoms with E-state index in [1.165, 1.54) is 48.9 Å². The van der Waals surface area contributed by atoms with Gasteiger partial charge in [-0.15, -0.1) is 0 Å². The van der Waals surface area contributed by atoms with E-state index in [2.05, 4.69) is 36.4 Å². The van der Waals surface area contributed by atoms with Crippen molar-refractivity contribution in [2.45, 2.75) is 155 Å². The first-order chi connectivity index (χ1) is 39.3. The van der Waals surface area contributed by atoms with Crippen LogP contribution in [0.25, 0.3) is 10.8 Å². The van der Waals surface area contributed by atoms with Crippen LogP contribution < -0.4 is 21.3 Å². The first-order valence-corrected chi connectivity index (χ1v) is 28.4.